The topological polar surface area (TPSA) is 379 Å². The van der Waals surface area contributed by atoms with Gasteiger partial charge in [-0.15, -0.1) is 0 Å². The van der Waals surface area contributed by atoms with Crippen molar-refractivity contribution in [3.05, 3.63) is 55.9 Å². The molecule has 7 rings (SSSR count). The fourth-order valence-electron chi connectivity index (χ4n) is 8.61. The number of hydrogen-bond acceptors (Lipinski definition) is 21. The third-order valence-electron chi connectivity index (χ3n) is 12.7. The van der Waals surface area contributed by atoms with Crippen molar-refractivity contribution in [2.24, 2.45) is 0 Å². The number of piperidine rings is 4. The van der Waals surface area contributed by atoms with Crippen LogP contribution >= 0.6 is 13.5 Å². The van der Waals surface area contributed by atoms with Crippen LogP contribution in [0.5, 0.6) is 0 Å². The van der Waals surface area contributed by atoms with E-state index in [0.29, 0.717) is 104 Å². The lowest BCUT2D eigenvalue weighted by molar-refractivity contribution is -0.386. The van der Waals surface area contributed by atoms with Gasteiger partial charge in [-0.25, -0.2) is 45.5 Å². The molecule has 0 atom stereocenters. The number of likely N-dealkylation sites (tertiary alicyclic amines) is 4. The molecule has 0 spiro atoms. The number of carbonyl (C=O) groups is 4. The summed E-state index contributed by atoms with van der Waals surface area (Å²) in [5.74, 6) is 0. The normalized spacial score (nSPS) is 16.4. The van der Waals surface area contributed by atoms with Gasteiger partial charge in [-0.2, -0.15) is 37.2 Å². The highest BCUT2D eigenvalue weighted by Crippen LogP contribution is 2.33. The van der Waals surface area contributed by atoms with Crippen molar-refractivity contribution in [2.75, 3.05) is 71.5 Å². The first-order valence-corrected chi connectivity index (χ1v) is 30.7. The first-order chi connectivity index (χ1) is 41.8. The molecule has 4 fully saturated rings. The number of nitro groups is 2. The lowest BCUT2D eigenvalue weighted by atomic mass is 10.1. The Morgan fingerprint density at radius 3 is 1.16 bits per heavy atom. The number of aliphatic hydroxyl groups excluding tert-OH is 2. The molecule has 4 amide bonds. The van der Waals surface area contributed by atoms with E-state index in [-0.39, 0.29) is 67.4 Å². The number of hydrogen-bond donors (Lipinski definition) is 4. The number of nitrogens with one attached hydrogen (secondary N) is 1. The van der Waals surface area contributed by atoms with Gasteiger partial charge in [0.2, 0.25) is 5.69 Å². The molecule has 30 nitrogen and oxygen atoms in total. The molecule has 92 heavy (non-hydrogen) atoms. The van der Waals surface area contributed by atoms with Crippen molar-refractivity contribution in [3.8, 4) is 0 Å². The molecule has 0 unspecified atom stereocenters. The van der Waals surface area contributed by atoms with Gasteiger partial charge in [0.1, 0.15) is 34.8 Å². The van der Waals surface area contributed by atoms with Crippen molar-refractivity contribution in [3.63, 3.8) is 0 Å². The molecule has 0 bridgehead atoms. The third kappa shape index (κ3) is 30.2. The second kappa shape index (κ2) is 36.5. The van der Waals surface area contributed by atoms with Crippen LogP contribution in [0.25, 0.3) is 0 Å². The Morgan fingerprint density at radius 2 is 0.891 bits per heavy atom. The van der Waals surface area contributed by atoms with Crippen LogP contribution in [0.4, 0.5) is 62.6 Å². The van der Waals surface area contributed by atoms with Crippen LogP contribution < -0.4 is 5.73 Å². The number of nitrogens with zero attached hydrogens (tertiary/aromatic N) is 11. The van der Waals surface area contributed by atoms with E-state index < -0.39 is 90.5 Å². The lowest BCUT2D eigenvalue weighted by Gasteiger charge is -2.33. The molecule has 0 aliphatic carbocycles. The van der Waals surface area contributed by atoms with Gasteiger partial charge in [-0.3, -0.25) is 38.9 Å². The van der Waals surface area contributed by atoms with Crippen molar-refractivity contribution in [1.29, 1.82) is 0 Å². The molecule has 0 radical (unpaired) electrons. The van der Waals surface area contributed by atoms with Crippen molar-refractivity contribution >= 4 is 65.0 Å². The van der Waals surface area contributed by atoms with E-state index in [4.69, 9.17) is 34.0 Å². The Labute approximate surface area is 537 Å². The van der Waals surface area contributed by atoms with E-state index in [1.807, 2.05) is 67.4 Å². The molecule has 0 aromatic carbocycles. The highest BCUT2D eigenvalue weighted by atomic mass is 32.2. The molecule has 0 saturated carbocycles. The minimum absolute atomic E-state index is 0. The number of alkyl halides is 6. The molecule has 4 aliphatic heterocycles. The van der Waals surface area contributed by atoms with Crippen LogP contribution in [0.2, 0.25) is 0 Å². The number of rotatable bonds is 9. The van der Waals surface area contributed by atoms with Crippen LogP contribution in [0, 0.1) is 20.2 Å². The summed E-state index contributed by atoms with van der Waals surface area (Å²) >= 11 is 0. The molecule has 4 saturated heterocycles. The number of aromatic amines is 1. The third-order valence-corrected chi connectivity index (χ3v) is 13.3. The van der Waals surface area contributed by atoms with Gasteiger partial charge >= 0.3 is 35.7 Å². The van der Waals surface area contributed by atoms with E-state index in [0.717, 1.165) is 25.8 Å². The van der Waals surface area contributed by atoms with Gasteiger partial charge in [0, 0.05) is 65.7 Å². The van der Waals surface area contributed by atoms with E-state index in [9.17, 15) is 79.3 Å². The second-order valence-corrected chi connectivity index (χ2v) is 26.6. The number of nitrogens with two attached hydrogens (primary N) is 1. The summed E-state index contributed by atoms with van der Waals surface area (Å²) < 4.78 is 125. The largest absolute Gasteiger partial charge is 0.444 e. The van der Waals surface area contributed by atoms with Gasteiger partial charge in [-0.1, -0.05) is 0 Å². The summed E-state index contributed by atoms with van der Waals surface area (Å²) in [6.07, 6.45) is -1.82. The first-order valence-electron chi connectivity index (χ1n) is 28.9. The number of nitrogen functional groups attached to an aromatic ring is 1. The van der Waals surface area contributed by atoms with E-state index >= 15 is 0 Å². The smallest absolute Gasteiger partial charge is 0.410 e. The van der Waals surface area contributed by atoms with Crippen LogP contribution in [-0.2, 0) is 33.2 Å². The molecule has 528 valence electrons. The van der Waals surface area contributed by atoms with Crippen molar-refractivity contribution < 1.29 is 97.1 Å². The summed E-state index contributed by atoms with van der Waals surface area (Å²) in [7, 11) is -2.42. The van der Waals surface area contributed by atoms with Crippen LogP contribution in [0.15, 0.2) is 18.6 Å². The predicted octanol–water partition coefficient (Wildman–Crippen LogP) is 9.99. The Hall–Kier alpha value is -6.93. The van der Waals surface area contributed by atoms with Crippen molar-refractivity contribution in [1.82, 2.24) is 49.4 Å². The summed E-state index contributed by atoms with van der Waals surface area (Å²) in [5, 5.41) is 49.6. The highest BCUT2D eigenvalue weighted by Gasteiger charge is 2.35. The SMILES string of the molecule is CC(C)(C)OC(=O)N1CCC(O)CC1.CC(C)(C)OC(=O)N1CCC(OS(C)(=O)=O)CC1.CC(C)(C)OC(=O)N1CCC(n2cc(N)c(C(F)F)n2)CC1.CC(C)(C)OC(=O)N1CCC(n2cc([N+](=O)[O-])c(C(F)F)n2)CC1.CO.O=[N+]([O-])c1cn[nH]c1C(F)F.S. The zero-order valence-electron chi connectivity index (χ0n) is 54.3. The minimum Gasteiger partial charge on any atom is -0.444 e. The quantitative estimate of drug-likeness (QED) is 0.0508. The molecular weight excluding hydrogens is 1280 g/mol. The number of amides is 4. The number of H-pyrrole nitrogens is 1. The van der Waals surface area contributed by atoms with E-state index in [1.165, 1.54) is 20.5 Å². The van der Waals surface area contributed by atoms with Gasteiger partial charge in [0.25, 0.3) is 29.4 Å². The number of ether oxygens (including phenoxy) is 4. The fraction of sp³-hybridized carbons (Fsp3) is 0.759. The Morgan fingerprint density at radius 1 is 0.576 bits per heavy atom. The van der Waals surface area contributed by atoms with Gasteiger partial charge in [0.15, 0.2) is 11.4 Å². The summed E-state index contributed by atoms with van der Waals surface area (Å²) in [4.78, 5) is 72.7. The molecule has 38 heteroatoms. The molecule has 4 aliphatic rings. The number of halogens is 6. The van der Waals surface area contributed by atoms with Crippen molar-refractivity contribution in [2.45, 2.75) is 200 Å². The maximum atomic E-state index is 12.8. The maximum Gasteiger partial charge on any atom is 0.410 e. The molecular formula is C54H91F6N13O17S2. The monoisotopic (exact) mass is 1370 g/mol. The maximum absolute atomic E-state index is 12.8. The summed E-state index contributed by atoms with van der Waals surface area (Å²) in [6, 6.07) is -0.302. The van der Waals surface area contributed by atoms with Crippen LogP contribution in [0.1, 0.15) is 183 Å². The highest BCUT2D eigenvalue weighted by molar-refractivity contribution is 7.86. The van der Waals surface area contributed by atoms with E-state index in [1.54, 1.807) is 35.5 Å². The average Bonchev–Trinajstić information content (AvgIpc) is 1.71. The summed E-state index contributed by atoms with van der Waals surface area (Å²) in [6.45, 7) is 25.6. The number of aliphatic hydroxyl groups is 2. The van der Waals surface area contributed by atoms with E-state index in [2.05, 4.69) is 15.3 Å². The summed E-state index contributed by atoms with van der Waals surface area (Å²) in [5.41, 5.74) is 0.150. The second-order valence-electron chi connectivity index (χ2n) is 25.0. The first kappa shape index (κ1) is 83.1. The predicted molar refractivity (Wildman–Crippen MR) is 326 cm³/mol. The molecule has 7 heterocycles. The molecule has 5 N–H and O–H groups in total. The Balaban J connectivity index is 0.000000582. The van der Waals surface area contributed by atoms with Gasteiger partial charge in [0.05, 0.1) is 46.1 Å². The minimum atomic E-state index is -3.42. The Bertz CT molecular complexity index is 2900. The average molecular weight is 1370 g/mol. The fourth-order valence-corrected chi connectivity index (χ4v) is 9.30. The number of carbonyl (C=O) groups excluding carboxylic acids is 4. The number of aromatic nitrogens is 6. The lowest BCUT2D eigenvalue weighted by Crippen LogP contribution is -2.43. The van der Waals surface area contributed by atoms with Crippen LogP contribution in [0.3, 0.4) is 0 Å². The van der Waals surface area contributed by atoms with Crippen LogP contribution in [-0.4, -0.2) is 203 Å². The van der Waals surface area contributed by atoms with Gasteiger partial charge in [-0.05, 0) is 134 Å². The standard InChI is InChI=1S/C14H20F2N4O4.C14H22F2N4O2.C11H21NO5S.C10H19NO3.C4H3F2N3O2.CH4O.H2S/c1-14(2,3)24-13(21)18-6-4-9(5-7-18)19-8-10(20(22)23)11(17-19)12(15)16;1-14(2,3)22-13(21)19-6-4-9(5-7-19)20-8-10(17)11(18-20)12(15)16;1-11(2,3)16-10(13)12-7-5-9(6-8-12)17-18(4,14)15;1-10(2,3)14-9(13)11-6-4-8(12)5-7-11;5-4(6)3-2(9(10)11)1-7-8-3;1-2;/h8-9,12H,4-7H2,1-3H3;8-9,12H,4-7,17H2,1-3H3;9H,5-8H2,1-4H3;8,12H,4-7H2,1-3H3;1,4H,(H,7,8);2H,1H3;1H2. The number of anilines is 1. The molecule has 3 aromatic rings. The molecule has 3 aromatic heterocycles. The zero-order chi connectivity index (χ0) is 69.7. The zero-order valence-corrected chi connectivity index (χ0v) is 56.1. The Kier molecular flexibility index (Phi) is 33.0. The van der Waals surface area contributed by atoms with Gasteiger partial charge < -0.3 is 54.5 Å².